The number of hydrogen-bond donors (Lipinski definition) is 2. The molecular weight excluding hydrogens is 174 g/mol. The SMILES string of the molecule is CC(O)[C@@H](O)CN1C(=O)C=CC1=O. The molecule has 0 saturated carbocycles. The van der Waals surface area contributed by atoms with Gasteiger partial charge < -0.3 is 10.2 Å². The molecule has 5 heteroatoms. The van der Waals surface area contributed by atoms with Crippen LogP contribution in [0.15, 0.2) is 12.2 Å². The summed E-state index contributed by atoms with van der Waals surface area (Å²) >= 11 is 0. The molecule has 2 atom stereocenters. The van der Waals surface area contributed by atoms with Crippen LogP contribution in [-0.4, -0.2) is 45.7 Å². The molecular formula is C8H11NO4. The third kappa shape index (κ3) is 2.13. The molecule has 2 N–H and O–H groups in total. The number of amides is 2. The monoisotopic (exact) mass is 185 g/mol. The second kappa shape index (κ2) is 3.68. The van der Waals surface area contributed by atoms with Crippen molar-refractivity contribution in [3.8, 4) is 0 Å². The number of imide groups is 1. The van der Waals surface area contributed by atoms with Crippen molar-refractivity contribution in [1.29, 1.82) is 0 Å². The first-order valence-electron chi connectivity index (χ1n) is 3.92. The molecule has 0 spiro atoms. The number of aliphatic hydroxyl groups excluding tert-OH is 2. The van der Waals surface area contributed by atoms with Gasteiger partial charge in [0.1, 0.15) is 0 Å². The fourth-order valence-electron chi connectivity index (χ4n) is 0.951. The Balaban J connectivity index is 2.55. The Morgan fingerprint density at radius 1 is 1.31 bits per heavy atom. The third-order valence-corrected chi connectivity index (χ3v) is 1.83. The lowest BCUT2D eigenvalue weighted by molar-refractivity contribution is -0.139. The first-order valence-corrected chi connectivity index (χ1v) is 3.92. The van der Waals surface area contributed by atoms with Crippen LogP contribution in [0.25, 0.3) is 0 Å². The Kier molecular flexibility index (Phi) is 2.79. The summed E-state index contributed by atoms with van der Waals surface area (Å²) in [5, 5.41) is 18.1. The Labute approximate surface area is 75.3 Å². The van der Waals surface area contributed by atoms with E-state index in [2.05, 4.69) is 0 Å². The predicted molar refractivity (Wildman–Crippen MR) is 43.5 cm³/mol. The van der Waals surface area contributed by atoms with Gasteiger partial charge in [0, 0.05) is 12.2 Å². The molecule has 72 valence electrons. The van der Waals surface area contributed by atoms with Gasteiger partial charge in [-0.05, 0) is 6.92 Å². The van der Waals surface area contributed by atoms with Crippen molar-refractivity contribution in [2.75, 3.05) is 6.54 Å². The van der Waals surface area contributed by atoms with Crippen LogP contribution < -0.4 is 0 Å². The summed E-state index contributed by atoms with van der Waals surface area (Å²) in [5.41, 5.74) is 0. The molecule has 1 rings (SSSR count). The van der Waals surface area contributed by atoms with Crippen LogP contribution in [0.1, 0.15) is 6.92 Å². The molecule has 2 amide bonds. The first kappa shape index (κ1) is 9.88. The van der Waals surface area contributed by atoms with Gasteiger partial charge in [-0.15, -0.1) is 0 Å². The molecule has 0 radical (unpaired) electrons. The Morgan fingerprint density at radius 3 is 2.15 bits per heavy atom. The van der Waals surface area contributed by atoms with Gasteiger partial charge in [-0.2, -0.15) is 0 Å². The molecule has 0 aromatic heterocycles. The van der Waals surface area contributed by atoms with Crippen molar-refractivity contribution in [3.63, 3.8) is 0 Å². The molecule has 0 saturated heterocycles. The number of carbonyl (C=O) groups is 2. The van der Waals surface area contributed by atoms with E-state index in [9.17, 15) is 14.7 Å². The second-order valence-corrected chi connectivity index (χ2v) is 2.93. The zero-order chi connectivity index (χ0) is 10.0. The van der Waals surface area contributed by atoms with Crippen LogP contribution in [0.5, 0.6) is 0 Å². The molecule has 0 bridgehead atoms. The zero-order valence-corrected chi connectivity index (χ0v) is 7.17. The molecule has 1 aliphatic heterocycles. The van der Waals surface area contributed by atoms with Crippen LogP contribution in [0.4, 0.5) is 0 Å². The largest absolute Gasteiger partial charge is 0.391 e. The van der Waals surface area contributed by atoms with E-state index in [1.165, 1.54) is 6.92 Å². The number of hydrogen-bond acceptors (Lipinski definition) is 4. The minimum absolute atomic E-state index is 0.164. The molecule has 0 aromatic carbocycles. The highest BCUT2D eigenvalue weighted by molar-refractivity contribution is 6.12. The van der Waals surface area contributed by atoms with Crippen LogP contribution in [0.2, 0.25) is 0 Å². The average molecular weight is 185 g/mol. The van der Waals surface area contributed by atoms with Gasteiger partial charge >= 0.3 is 0 Å². The molecule has 5 nitrogen and oxygen atoms in total. The molecule has 13 heavy (non-hydrogen) atoms. The van der Waals surface area contributed by atoms with E-state index in [1.807, 2.05) is 0 Å². The Morgan fingerprint density at radius 2 is 1.77 bits per heavy atom. The summed E-state index contributed by atoms with van der Waals surface area (Å²) in [6, 6.07) is 0. The fourth-order valence-corrected chi connectivity index (χ4v) is 0.951. The summed E-state index contributed by atoms with van der Waals surface area (Å²) < 4.78 is 0. The van der Waals surface area contributed by atoms with Crippen LogP contribution in [0, 0.1) is 0 Å². The highest BCUT2D eigenvalue weighted by Crippen LogP contribution is 2.05. The van der Waals surface area contributed by atoms with Crippen LogP contribution in [-0.2, 0) is 9.59 Å². The summed E-state index contributed by atoms with van der Waals surface area (Å²) in [5.74, 6) is -0.908. The highest BCUT2D eigenvalue weighted by atomic mass is 16.3. The van der Waals surface area contributed by atoms with Gasteiger partial charge in [0.15, 0.2) is 0 Å². The minimum Gasteiger partial charge on any atom is -0.391 e. The highest BCUT2D eigenvalue weighted by Gasteiger charge is 2.26. The van der Waals surface area contributed by atoms with E-state index in [0.717, 1.165) is 17.1 Å². The summed E-state index contributed by atoms with van der Waals surface area (Å²) in [7, 11) is 0. The maximum absolute atomic E-state index is 11.0. The first-order chi connectivity index (χ1) is 6.02. The smallest absolute Gasteiger partial charge is 0.253 e. The number of aliphatic hydroxyl groups is 2. The lowest BCUT2D eigenvalue weighted by Crippen LogP contribution is -2.41. The van der Waals surface area contributed by atoms with E-state index in [-0.39, 0.29) is 6.54 Å². The van der Waals surface area contributed by atoms with Crippen molar-refractivity contribution in [2.24, 2.45) is 0 Å². The normalized spacial score (nSPS) is 21.0. The standard InChI is InChI=1S/C8H11NO4/c1-5(10)6(11)4-9-7(12)2-3-8(9)13/h2-3,5-6,10-11H,4H2,1H3/t5?,6-/m0/s1. The number of rotatable bonds is 3. The topological polar surface area (TPSA) is 77.8 Å². The molecule has 0 fully saturated rings. The van der Waals surface area contributed by atoms with Crippen LogP contribution >= 0.6 is 0 Å². The minimum atomic E-state index is -1.09. The molecule has 0 aliphatic carbocycles. The Hall–Kier alpha value is -1.20. The zero-order valence-electron chi connectivity index (χ0n) is 7.17. The molecule has 1 aliphatic rings. The van der Waals surface area contributed by atoms with E-state index in [0.29, 0.717) is 0 Å². The number of β-amino-alcohol motifs (C(OH)–C–C–N with tert-alkyl or cyclic N) is 1. The van der Waals surface area contributed by atoms with Gasteiger partial charge in [0.25, 0.3) is 11.8 Å². The quantitative estimate of drug-likeness (QED) is 0.533. The Bertz CT molecular complexity index is 241. The maximum atomic E-state index is 11.0. The van der Waals surface area contributed by atoms with Gasteiger partial charge in [-0.25, -0.2) is 0 Å². The number of carbonyl (C=O) groups excluding carboxylic acids is 2. The van der Waals surface area contributed by atoms with Gasteiger partial charge in [0.2, 0.25) is 0 Å². The average Bonchev–Trinajstić information content (AvgIpc) is 2.35. The van der Waals surface area contributed by atoms with Gasteiger partial charge in [0.05, 0.1) is 18.8 Å². The molecule has 1 heterocycles. The summed E-state index contributed by atoms with van der Waals surface area (Å²) in [6.07, 6.45) is 0.225. The van der Waals surface area contributed by atoms with E-state index in [4.69, 9.17) is 5.11 Å². The van der Waals surface area contributed by atoms with Crippen molar-refractivity contribution in [3.05, 3.63) is 12.2 Å². The van der Waals surface area contributed by atoms with Gasteiger partial charge in [-0.1, -0.05) is 0 Å². The summed E-state index contributed by atoms with van der Waals surface area (Å²) in [4.78, 5) is 22.8. The van der Waals surface area contributed by atoms with Gasteiger partial charge in [-0.3, -0.25) is 14.5 Å². The van der Waals surface area contributed by atoms with Crippen molar-refractivity contribution >= 4 is 11.8 Å². The third-order valence-electron chi connectivity index (χ3n) is 1.83. The van der Waals surface area contributed by atoms with E-state index >= 15 is 0 Å². The lowest BCUT2D eigenvalue weighted by atomic mass is 10.2. The lowest BCUT2D eigenvalue weighted by Gasteiger charge is -2.19. The number of nitrogens with zero attached hydrogens (tertiary/aromatic N) is 1. The molecule has 0 aromatic rings. The fraction of sp³-hybridized carbons (Fsp3) is 0.500. The van der Waals surface area contributed by atoms with E-state index < -0.39 is 24.0 Å². The van der Waals surface area contributed by atoms with Crippen LogP contribution in [0.3, 0.4) is 0 Å². The van der Waals surface area contributed by atoms with E-state index in [1.54, 1.807) is 0 Å². The predicted octanol–water partition coefficient (Wildman–Crippen LogP) is -1.35. The molecule has 1 unspecified atom stereocenters. The second-order valence-electron chi connectivity index (χ2n) is 2.93. The maximum Gasteiger partial charge on any atom is 0.253 e. The van der Waals surface area contributed by atoms with Crippen molar-refractivity contribution in [2.45, 2.75) is 19.1 Å². The van der Waals surface area contributed by atoms with Crippen molar-refractivity contribution in [1.82, 2.24) is 4.90 Å². The van der Waals surface area contributed by atoms with Crippen molar-refractivity contribution < 1.29 is 19.8 Å². The summed E-state index contributed by atoms with van der Waals surface area (Å²) in [6.45, 7) is 1.23.